The monoisotopic (exact) mass is 220 g/mol. The Morgan fingerprint density at radius 2 is 2.25 bits per heavy atom. The minimum absolute atomic E-state index is 0.0457. The average Bonchev–Trinajstić information content (AvgIpc) is 2.70. The van der Waals surface area contributed by atoms with Gasteiger partial charge < -0.3 is 15.4 Å². The number of esters is 1. The van der Waals surface area contributed by atoms with Crippen molar-refractivity contribution in [1.29, 1.82) is 0 Å². The summed E-state index contributed by atoms with van der Waals surface area (Å²) in [6, 6.07) is 7.43. The maximum atomic E-state index is 10.8. The average molecular weight is 220 g/mol. The van der Waals surface area contributed by atoms with Crippen LogP contribution in [0.1, 0.15) is 22.3 Å². The molecule has 0 saturated carbocycles. The van der Waals surface area contributed by atoms with E-state index >= 15 is 0 Å². The Morgan fingerprint density at radius 3 is 2.81 bits per heavy atom. The molecule has 0 fully saturated rings. The number of benzene rings is 1. The molecule has 5 nitrogen and oxygen atoms in total. The molecule has 1 N–H and O–H groups in total. The molecule has 0 saturated heterocycles. The van der Waals surface area contributed by atoms with Crippen molar-refractivity contribution in [3.8, 4) is 0 Å². The first-order valence-electron chi connectivity index (χ1n) is 4.81. The van der Waals surface area contributed by atoms with Crippen molar-refractivity contribution in [2.24, 2.45) is 0 Å². The maximum Gasteiger partial charge on any atom is 0.338 e. The van der Waals surface area contributed by atoms with Crippen LogP contribution in [-0.2, 0) is 11.3 Å². The second kappa shape index (κ2) is 6.50. The Balaban J connectivity index is 0.000000187. The lowest BCUT2D eigenvalue weighted by Gasteiger charge is -1.87. The first kappa shape index (κ1) is 12.1. The molecule has 0 atom stereocenters. The van der Waals surface area contributed by atoms with E-state index in [0.717, 1.165) is 5.56 Å². The highest BCUT2D eigenvalue weighted by molar-refractivity contribution is 5.93. The molecule has 2 rings (SSSR count). The number of ether oxygens (including phenoxy) is 1. The van der Waals surface area contributed by atoms with Crippen molar-refractivity contribution in [2.45, 2.75) is 13.0 Å². The zero-order chi connectivity index (χ0) is 11.8. The van der Waals surface area contributed by atoms with E-state index in [2.05, 4.69) is 4.79 Å². The molecule has 0 aliphatic carbocycles. The Labute approximate surface area is 92.9 Å². The van der Waals surface area contributed by atoms with Gasteiger partial charge in [-0.2, -0.15) is 4.79 Å². The zero-order valence-corrected chi connectivity index (χ0v) is 8.67. The summed E-state index contributed by atoms with van der Waals surface area (Å²) < 4.78 is 4.78. The van der Waals surface area contributed by atoms with Gasteiger partial charge in [0.25, 0.3) is 6.21 Å². The Morgan fingerprint density at radius 1 is 1.50 bits per heavy atom. The van der Waals surface area contributed by atoms with Gasteiger partial charge in [-0.15, -0.1) is 0 Å². The van der Waals surface area contributed by atoms with E-state index in [1.165, 1.54) is 6.21 Å². The lowest BCUT2D eigenvalue weighted by atomic mass is 10.1. The normalized spacial score (nSPS) is 11.7. The number of nitrogens with zero attached hydrogens (tertiary/aromatic N) is 2. The van der Waals surface area contributed by atoms with Crippen molar-refractivity contribution >= 4 is 12.2 Å². The van der Waals surface area contributed by atoms with Crippen molar-refractivity contribution in [2.75, 3.05) is 6.61 Å². The minimum Gasteiger partial charge on any atom is -0.457 e. The van der Waals surface area contributed by atoms with Crippen molar-refractivity contribution in [1.82, 2.24) is 0 Å². The van der Waals surface area contributed by atoms with Crippen molar-refractivity contribution < 1.29 is 19.4 Å². The van der Waals surface area contributed by atoms with Gasteiger partial charge in [0, 0.05) is 5.56 Å². The Bertz CT molecular complexity index is 411. The third-order valence-electron chi connectivity index (χ3n) is 1.94. The number of cyclic esters (lactones) is 1. The molecule has 1 heterocycles. The van der Waals surface area contributed by atoms with Gasteiger partial charge in [-0.1, -0.05) is 18.2 Å². The molecule has 0 spiro atoms. The van der Waals surface area contributed by atoms with Crippen LogP contribution in [0.2, 0.25) is 0 Å². The second-order valence-corrected chi connectivity index (χ2v) is 3.04. The number of hydrogen-bond donors (Lipinski definition) is 1. The molecule has 1 aromatic rings. The van der Waals surface area contributed by atoms with Crippen LogP contribution in [0.5, 0.6) is 0 Å². The molecule has 0 bridgehead atoms. The number of hydrogen-bond acceptors (Lipinski definition) is 3. The van der Waals surface area contributed by atoms with Crippen LogP contribution in [0.25, 0.3) is 5.53 Å². The molecular formula is C11H12N2O3. The Kier molecular flexibility index (Phi) is 4.92. The van der Waals surface area contributed by atoms with E-state index in [4.69, 9.17) is 15.4 Å². The summed E-state index contributed by atoms with van der Waals surface area (Å²) in [5, 5.41) is 8.00. The summed E-state index contributed by atoms with van der Waals surface area (Å²) in [5.74, 6) is -0.199. The molecule has 0 amide bonds. The van der Waals surface area contributed by atoms with Gasteiger partial charge in [-0.05, 0) is 6.07 Å². The molecule has 1 aliphatic heterocycles. The van der Waals surface area contributed by atoms with Crippen LogP contribution in [0.3, 0.4) is 0 Å². The highest BCUT2D eigenvalue weighted by Gasteiger charge is 2.18. The van der Waals surface area contributed by atoms with E-state index in [1.54, 1.807) is 6.07 Å². The third-order valence-corrected chi connectivity index (χ3v) is 1.94. The van der Waals surface area contributed by atoms with Crippen LogP contribution in [0.15, 0.2) is 24.3 Å². The predicted molar refractivity (Wildman–Crippen MR) is 56.9 cm³/mol. The van der Waals surface area contributed by atoms with Crippen LogP contribution in [0.4, 0.5) is 0 Å². The number of carbonyl (C=O) groups is 1. The zero-order valence-electron chi connectivity index (χ0n) is 8.67. The fraction of sp³-hybridized carbons (Fsp3) is 0.273. The Hall–Kier alpha value is -1.97. The van der Waals surface area contributed by atoms with Gasteiger partial charge in [0.05, 0.1) is 18.6 Å². The predicted octanol–water partition coefficient (Wildman–Crippen LogP) is 1.03. The fourth-order valence-electron chi connectivity index (χ4n) is 1.18. The van der Waals surface area contributed by atoms with Gasteiger partial charge in [0.2, 0.25) is 0 Å². The number of fused-ring (bicyclic) bond motifs is 1. The summed E-state index contributed by atoms with van der Waals surface area (Å²) in [5.41, 5.74) is 9.36. The van der Waals surface area contributed by atoms with Crippen LogP contribution >= 0.6 is 0 Å². The van der Waals surface area contributed by atoms with E-state index in [0.29, 0.717) is 18.6 Å². The summed E-state index contributed by atoms with van der Waals surface area (Å²) in [6.07, 6.45) is 1.66. The van der Waals surface area contributed by atoms with Gasteiger partial charge in [-0.25, -0.2) is 4.79 Å². The molecule has 0 aromatic heterocycles. The minimum atomic E-state index is -0.199. The van der Waals surface area contributed by atoms with Gasteiger partial charge in [0.1, 0.15) is 6.61 Å². The largest absolute Gasteiger partial charge is 0.457 e. The van der Waals surface area contributed by atoms with E-state index < -0.39 is 0 Å². The van der Waals surface area contributed by atoms with Crippen LogP contribution in [0, 0.1) is 0 Å². The lowest BCUT2D eigenvalue weighted by Crippen LogP contribution is -1.91. The second-order valence-electron chi connectivity index (χ2n) is 3.04. The molecule has 84 valence electrons. The molecular weight excluding hydrogens is 208 g/mol. The summed E-state index contributed by atoms with van der Waals surface area (Å²) in [7, 11) is 0. The standard InChI is InChI=1S/C8H6O2.C3H6N2O/c9-8-7-4-2-1-3-6(7)5-10-8;4-5-2-1-3-6/h1-4H,5H2;2,6H,1,3H2. The van der Waals surface area contributed by atoms with Gasteiger partial charge >= 0.3 is 5.97 Å². The molecule has 1 aromatic carbocycles. The first-order valence-corrected chi connectivity index (χ1v) is 4.81. The summed E-state index contributed by atoms with van der Waals surface area (Å²) >= 11 is 0. The van der Waals surface area contributed by atoms with Crippen molar-refractivity contribution in [3.05, 3.63) is 40.9 Å². The van der Waals surface area contributed by atoms with Gasteiger partial charge in [-0.3, -0.25) is 0 Å². The number of rotatable bonds is 2. The molecule has 5 heteroatoms. The summed E-state index contributed by atoms with van der Waals surface area (Å²) in [6.45, 7) is 0.485. The maximum absolute atomic E-state index is 10.8. The smallest absolute Gasteiger partial charge is 0.338 e. The number of aliphatic hydroxyl groups is 1. The highest BCUT2D eigenvalue weighted by Crippen LogP contribution is 2.17. The first-order chi connectivity index (χ1) is 7.79. The van der Waals surface area contributed by atoms with Crippen LogP contribution < -0.4 is 0 Å². The fourth-order valence-corrected chi connectivity index (χ4v) is 1.18. The topological polar surface area (TPSA) is 82.9 Å². The van der Waals surface area contributed by atoms with E-state index in [-0.39, 0.29) is 12.6 Å². The third kappa shape index (κ3) is 3.31. The SMILES string of the molecule is O=C1OCc2ccccc21.[N-]=[N+]=CCCO. The number of carbonyl (C=O) groups excluding carboxylic acids is 1. The van der Waals surface area contributed by atoms with Crippen LogP contribution in [-0.4, -0.2) is 28.7 Å². The van der Waals surface area contributed by atoms with E-state index in [1.807, 2.05) is 18.2 Å². The van der Waals surface area contributed by atoms with E-state index in [9.17, 15) is 4.79 Å². The quantitative estimate of drug-likeness (QED) is 0.349. The summed E-state index contributed by atoms with van der Waals surface area (Å²) in [4.78, 5) is 13.5. The highest BCUT2D eigenvalue weighted by atomic mass is 16.5. The number of aliphatic hydroxyl groups excluding tert-OH is 1. The molecule has 16 heavy (non-hydrogen) atoms. The molecule has 0 radical (unpaired) electrons. The van der Waals surface area contributed by atoms with Crippen molar-refractivity contribution in [3.63, 3.8) is 0 Å². The molecule has 0 unspecified atom stereocenters. The molecule has 1 aliphatic rings. The lowest BCUT2D eigenvalue weighted by molar-refractivity contribution is -0.000146. The van der Waals surface area contributed by atoms with Gasteiger partial charge in [0.15, 0.2) is 0 Å².